The molecule has 8 heteroatoms. The molecule has 0 bridgehead atoms. The average Bonchev–Trinajstić information content (AvgIpc) is 2.96. The third-order valence-electron chi connectivity index (χ3n) is 3.45. The summed E-state index contributed by atoms with van der Waals surface area (Å²) in [7, 11) is 1.81. The fraction of sp³-hybridized carbons (Fsp3) is 0.188. The van der Waals surface area contributed by atoms with Gasteiger partial charge in [-0.15, -0.1) is 10.2 Å². The maximum atomic E-state index is 13.2. The van der Waals surface area contributed by atoms with Crippen LogP contribution in [0.4, 0.5) is 8.78 Å². The predicted octanol–water partition coefficient (Wildman–Crippen LogP) is 2.98. The minimum absolute atomic E-state index is 0.240. The highest BCUT2D eigenvalue weighted by atomic mass is 32.2. The Morgan fingerprint density at radius 1 is 1.21 bits per heavy atom. The van der Waals surface area contributed by atoms with Gasteiger partial charge in [-0.2, -0.15) is 0 Å². The van der Waals surface area contributed by atoms with E-state index in [1.807, 2.05) is 19.2 Å². The highest BCUT2D eigenvalue weighted by molar-refractivity contribution is 7.99. The summed E-state index contributed by atoms with van der Waals surface area (Å²) in [5.74, 6) is -1.01. The minimum atomic E-state index is -0.978. The number of aliphatic hydroxyl groups excluding tert-OH is 1. The van der Waals surface area contributed by atoms with E-state index in [0.717, 1.165) is 17.7 Å². The Balaban J connectivity index is 1.71. The third-order valence-corrected chi connectivity index (χ3v) is 4.55. The van der Waals surface area contributed by atoms with Crippen molar-refractivity contribution < 1.29 is 13.9 Å². The number of hydrogen-bond acceptors (Lipinski definition) is 5. The van der Waals surface area contributed by atoms with E-state index in [0.29, 0.717) is 16.5 Å². The number of benzene rings is 1. The van der Waals surface area contributed by atoms with Gasteiger partial charge in [0, 0.05) is 30.8 Å². The molecule has 3 rings (SSSR count). The van der Waals surface area contributed by atoms with Crippen molar-refractivity contribution in [1.82, 2.24) is 19.7 Å². The van der Waals surface area contributed by atoms with Crippen molar-refractivity contribution in [3.05, 3.63) is 59.9 Å². The second-order valence-electron chi connectivity index (χ2n) is 5.11. The molecule has 1 unspecified atom stereocenters. The number of pyridine rings is 1. The molecule has 1 aromatic carbocycles. The lowest BCUT2D eigenvalue weighted by Crippen LogP contribution is -2.03. The number of nitrogens with zero attached hydrogens (tertiary/aromatic N) is 4. The molecule has 0 spiro atoms. The van der Waals surface area contributed by atoms with E-state index in [4.69, 9.17) is 0 Å². The zero-order valence-electron chi connectivity index (χ0n) is 12.7. The van der Waals surface area contributed by atoms with Gasteiger partial charge in [-0.25, -0.2) is 8.78 Å². The summed E-state index contributed by atoms with van der Waals surface area (Å²) in [5.41, 5.74) is 1.15. The number of aliphatic hydroxyl groups is 1. The Kier molecular flexibility index (Phi) is 4.86. The second kappa shape index (κ2) is 7.06. The lowest BCUT2D eigenvalue weighted by Gasteiger charge is -2.10. The van der Waals surface area contributed by atoms with Crippen molar-refractivity contribution in [3.8, 4) is 11.4 Å². The van der Waals surface area contributed by atoms with Crippen LogP contribution in [-0.2, 0) is 7.05 Å². The van der Waals surface area contributed by atoms with Gasteiger partial charge in [-0.05, 0) is 29.8 Å². The summed E-state index contributed by atoms with van der Waals surface area (Å²) in [6.45, 7) is 0. The molecule has 0 saturated heterocycles. The Labute approximate surface area is 141 Å². The van der Waals surface area contributed by atoms with Gasteiger partial charge in [0.1, 0.15) is 0 Å². The summed E-state index contributed by atoms with van der Waals surface area (Å²) in [4.78, 5) is 4.05. The van der Waals surface area contributed by atoms with Crippen LogP contribution in [0.3, 0.4) is 0 Å². The van der Waals surface area contributed by atoms with Crippen LogP contribution in [0.25, 0.3) is 11.4 Å². The number of thioether (sulfide) groups is 1. The van der Waals surface area contributed by atoms with Crippen molar-refractivity contribution in [2.24, 2.45) is 7.05 Å². The van der Waals surface area contributed by atoms with E-state index in [1.165, 1.54) is 17.8 Å². The molecule has 0 aliphatic heterocycles. The molecule has 2 aromatic heterocycles. The Morgan fingerprint density at radius 3 is 2.75 bits per heavy atom. The van der Waals surface area contributed by atoms with Crippen molar-refractivity contribution in [2.45, 2.75) is 11.3 Å². The quantitative estimate of drug-likeness (QED) is 0.718. The van der Waals surface area contributed by atoms with Crippen LogP contribution in [0.15, 0.2) is 47.9 Å². The van der Waals surface area contributed by atoms with E-state index < -0.39 is 17.7 Å². The largest absolute Gasteiger partial charge is 0.388 e. The zero-order chi connectivity index (χ0) is 17.1. The fourth-order valence-electron chi connectivity index (χ4n) is 2.16. The van der Waals surface area contributed by atoms with E-state index in [9.17, 15) is 13.9 Å². The van der Waals surface area contributed by atoms with Crippen LogP contribution in [0.2, 0.25) is 0 Å². The topological polar surface area (TPSA) is 63.8 Å². The number of rotatable bonds is 5. The van der Waals surface area contributed by atoms with Crippen LogP contribution < -0.4 is 0 Å². The standard InChI is InChI=1S/C16H14F2N4OS/c1-22-15(11-3-2-6-19-8-11)20-21-16(22)24-9-14(23)10-4-5-12(17)13(18)7-10/h2-8,14,23H,9H2,1H3. The van der Waals surface area contributed by atoms with E-state index >= 15 is 0 Å². The van der Waals surface area contributed by atoms with E-state index in [-0.39, 0.29) is 5.75 Å². The average molecular weight is 348 g/mol. The van der Waals surface area contributed by atoms with Gasteiger partial charge in [-0.1, -0.05) is 17.8 Å². The van der Waals surface area contributed by atoms with Crippen LogP contribution in [0.5, 0.6) is 0 Å². The van der Waals surface area contributed by atoms with Crippen LogP contribution in [0, 0.1) is 11.6 Å². The van der Waals surface area contributed by atoms with Crippen molar-refractivity contribution in [3.63, 3.8) is 0 Å². The predicted molar refractivity (Wildman–Crippen MR) is 86.3 cm³/mol. The maximum absolute atomic E-state index is 13.2. The van der Waals surface area contributed by atoms with Crippen LogP contribution >= 0.6 is 11.8 Å². The molecular weight excluding hydrogens is 334 g/mol. The summed E-state index contributed by atoms with van der Waals surface area (Å²) < 4.78 is 28.0. The lowest BCUT2D eigenvalue weighted by molar-refractivity contribution is 0.203. The van der Waals surface area contributed by atoms with Crippen LogP contribution in [-0.4, -0.2) is 30.6 Å². The SMILES string of the molecule is Cn1c(SCC(O)c2ccc(F)c(F)c2)nnc1-c1cccnc1. The Bertz CT molecular complexity index is 841. The van der Waals surface area contributed by atoms with Crippen LogP contribution in [0.1, 0.15) is 11.7 Å². The fourth-order valence-corrected chi connectivity index (χ4v) is 3.03. The number of halogens is 2. The first-order valence-corrected chi connectivity index (χ1v) is 8.10. The molecule has 0 radical (unpaired) electrons. The molecule has 1 atom stereocenters. The highest BCUT2D eigenvalue weighted by Gasteiger charge is 2.15. The summed E-state index contributed by atoms with van der Waals surface area (Å²) in [5, 5.41) is 19.0. The molecule has 5 nitrogen and oxygen atoms in total. The molecule has 0 fully saturated rings. The van der Waals surface area contributed by atoms with Gasteiger partial charge < -0.3 is 9.67 Å². The molecule has 124 valence electrons. The molecule has 2 heterocycles. The Morgan fingerprint density at radius 2 is 2.04 bits per heavy atom. The van der Waals surface area contributed by atoms with Gasteiger partial charge in [0.05, 0.1) is 6.10 Å². The van der Waals surface area contributed by atoms with Gasteiger partial charge in [0.25, 0.3) is 0 Å². The minimum Gasteiger partial charge on any atom is -0.388 e. The molecule has 0 aliphatic rings. The van der Waals surface area contributed by atoms with Gasteiger partial charge in [0.15, 0.2) is 22.6 Å². The zero-order valence-corrected chi connectivity index (χ0v) is 13.5. The third kappa shape index (κ3) is 3.44. The molecular formula is C16H14F2N4OS. The molecule has 0 amide bonds. The van der Waals surface area contributed by atoms with Crippen molar-refractivity contribution in [1.29, 1.82) is 0 Å². The maximum Gasteiger partial charge on any atom is 0.191 e. The molecule has 3 aromatic rings. The number of hydrogen-bond donors (Lipinski definition) is 1. The first kappa shape index (κ1) is 16.5. The monoisotopic (exact) mass is 348 g/mol. The summed E-state index contributed by atoms with van der Waals surface area (Å²) >= 11 is 1.28. The number of aromatic nitrogens is 4. The van der Waals surface area contributed by atoms with Crippen molar-refractivity contribution >= 4 is 11.8 Å². The van der Waals surface area contributed by atoms with Gasteiger partial charge >= 0.3 is 0 Å². The van der Waals surface area contributed by atoms with Gasteiger partial charge in [0.2, 0.25) is 0 Å². The summed E-state index contributed by atoms with van der Waals surface area (Å²) in [6, 6.07) is 7.05. The lowest BCUT2D eigenvalue weighted by atomic mass is 10.1. The second-order valence-corrected chi connectivity index (χ2v) is 6.09. The molecule has 24 heavy (non-hydrogen) atoms. The van der Waals surface area contributed by atoms with Gasteiger partial charge in [-0.3, -0.25) is 4.98 Å². The van der Waals surface area contributed by atoms with E-state index in [2.05, 4.69) is 15.2 Å². The molecule has 0 aliphatic carbocycles. The summed E-state index contributed by atoms with van der Waals surface area (Å²) in [6.07, 6.45) is 2.42. The normalized spacial score (nSPS) is 12.3. The first-order chi connectivity index (χ1) is 11.6. The smallest absolute Gasteiger partial charge is 0.191 e. The van der Waals surface area contributed by atoms with Crippen molar-refractivity contribution in [2.75, 3.05) is 5.75 Å². The van der Waals surface area contributed by atoms with E-state index in [1.54, 1.807) is 17.0 Å². The molecule has 1 N–H and O–H groups in total. The Hall–Kier alpha value is -2.32. The first-order valence-electron chi connectivity index (χ1n) is 7.12. The highest BCUT2D eigenvalue weighted by Crippen LogP contribution is 2.26. The molecule has 0 saturated carbocycles.